The molecule has 184 valence electrons. The molecule has 2 heterocycles. The van der Waals surface area contributed by atoms with Crippen molar-refractivity contribution in [3.63, 3.8) is 0 Å². The van der Waals surface area contributed by atoms with E-state index in [1.165, 1.54) is 4.88 Å². The van der Waals surface area contributed by atoms with Gasteiger partial charge >= 0.3 is 6.03 Å². The van der Waals surface area contributed by atoms with E-state index in [0.29, 0.717) is 36.2 Å². The number of para-hydroxylation sites is 2. The average molecular weight is 512 g/mol. The van der Waals surface area contributed by atoms with Gasteiger partial charge in [-0.25, -0.2) is 4.79 Å². The minimum atomic E-state index is -0.316. The molecule has 4 rings (SSSR count). The predicted molar refractivity (Wildman–Crippen MR) is 142 cm³/mol. The Morgan fingerprint density at radius 3 is 2.66 bits per heavy atom. The number of fused-ring (bicyclic) bond motifs is 1. The van der Waals surface area contributed by atoms with Crippen LogP contribution in [0.15, 0.2) is 60.0 Å². The van der Waals surface area contributed by atoms with Gasteiger partial charge in [-0.1, -0.05) is 42.8 Å². The molecular weight excluding hydrogens is 482 g/mol. The molecule has 1 aliphatic rings. The van der Waals surface area contributed by atoms with Crippen LogP contribution in [0.4, 0.5) is 10.5 Å². The predicted octanol–water partition coefficient (Wildman–Crippen LogP) is 6.22. The number of benzene rings is 2. The van der Waals surface area contributed by atoms with E-state index in [1.807, 2.05) is 61.2 Å². The van der Waals surface area contributed by atoms with Crippen molar-refractivity contribution in [1.82, 2.24) is 9.80 Å². The van der Waals surface area contributed by atoms with Crippen molar-refractivity contribution in [3.05, 3.63) is 81.0 Å². The zero-order valence-corrected chi connectivity index (χ0v) is 21.6. The monoisotopic (exact) mass is 511 g/mol. The van der Waals surface area contributed by atoms with Gasteiger partial charge in [0.2, 0.25) is 5.91 Å². The molecule has 0 radical (unpaired) electrons. The molecule has 35 heavy (non-hydrogen) atoms. The average Bonchev–Trinajstić information content (AvgIpc) is 3.34. The number of hydrogen-bond acceptors (Lipinski definition) is 4. The Kier molecular flexibility index (Phi) is 8.31. The third-order valence-corrected chi connectivity index (χ3v) is 7.26. The fraction of sp³-hybridized carbons (Fsp3) is 0.333. The number of nitrogens with one attached hydrogen (secondary N) is 1. The third-order valence-electron chi connectivity index (χ3n) is 6.01. The topological polar surface area (TPSA) is 61.9 Å². The van der Waals surface area contributed by atoms with Crippen LogP contribution in [-0.4, -0.2) is 48.0 Å². The summed E-state index contributed by atoms with van der Waals surface area (Å²) in [6.45, 7) is 5.46. The fourth-order valence-corrected chi connectivity index (χ4v) is 5.44. The van der Waals surface area contributed by atoms with Gasteiger partial charge in [0.15, 0.2) is 0 Å². The number of carbonyl (C=O) groups is 2. The van der Waals surface area contributed by atoms with E-state index in [-0.39, 0.29) is 24.5 Å². The molecule has 0 fully saturated rings. The highest BCUT2D eigenvalue weighted by Gasteiger charge is 2.34. The standard InChI is InChI=1S/C27H30ClN3O3S/c1-3-15-30(27(33)29-22-7-5-6-8-23(22)34-4-2)18-25(32)31-16-13-24-21(14-17-35-24)26(31)19-9-11-20(28)12-10-19/h5-12,14,17,26H,3-4,13,15-16,18H2,1-2H3,(H,29,33). The van der Waals surface area contributed by atoms with Gasteiger partial charge in [0, 0.05) is 23.0 Å². The summed E-state index contributed by atoms with van der Waals surface area (Å²) in [4.78, 5) is 31.6. The maximum absolute atomic E-state index is 13.6. The number of halogens is 1. The SMILES string of the molecule is CCCN(CC(=O)N1CCc2sccc2C1c1ccc(Cl)cc1)C(=O)Nc1ccccc1OCC. The smallest absolute Gasteiger partial charge is 0.322 e. The molecule has 1 aliphatic heterocycles. The molecule has 6 nitrogen and oxygen atoms in total. The molecule has 1 unspecified atom stereocenters. The van der Waals surface area contributed by atoms with E-state index in [2.05, 4.69) is 16.8 Å². The number of amides is 3. The van der Waals surface area contributed by atoms with Gasteiger partial charge in [-0.15, -0.1) is 11.3 Å². The molecule has 2 aromatic carbocycles. The van der Waals surface area contributed by atoms with E-state index in [9.17, 15) is 9.59 Å². The van der Waals surface area contributed by atoms with Crippen LogP contribution in [0.2, 0.25) is 5.02 Å². The lowest BCUT2D eigenvalue weighted by Crippen LogP contribution is -2.47. The lowest BCUT2D eigenvalue weighted by atomic mass is 9.93. The summed E-state index contributed by atoms with van der Waals surface area (Å²) in [6, 6.07) is 16.6. The van der Waals surface area contributed by atoms with E-state index in [4.69, 9.17) is 16.3 Å². The molecule has 0 saturated heterocycles. The molecule has 1 aromatic heterocycles. The Bertz CT molecular complexity index is 1160. The third kappa shape index (κ3) is 5.80. The molecular formula is C27H30ClN3O3S. The van der Waals surface area contributed by atoms with Crippen LogP contribution >= 0.6 is 22.9 Å². The van der Waals surface area contributed by atoms with Crippen LogP contribution in [-0.2, 0) is 11.2 Å². The summed E-state index contributed by atoms with van der Waals surface area (Å²) >= 11 is 7.85. The Morgan fingerprint density at radius 1 is 1.14 bits per heavy atom. The first-order valence-electron chi connectivity index (χ1n) is 11.9. The summed E-state index contributed by atoms with van der Waals surface area (Å²) in [7, 11) is 0. The largest absolute Gasteiger partial charge is 0.492 e. The molecule has 1 atom stereocenters. The zero-order chi connectivity index (χ0) is 24.8. The maximum atomic E-state index is 13.6. The van der Waals surface area contributed by atoms with Crippen molar-refractivity contribution < 1.29 is 14.3 Å². The van der Waals surface area contributed by atoms with Gasteiger partial charge in [0.05, 0.1) is 18.3 Å². The van der Waals surface area contributed by atoms with Gasteiger partial charge in [0.25, 0.3) is 0 Å². The number of urea groups is 1. The van der Waals surface area contributed by atoms with Crippen molar-refractivity contribution in [2.75, 3.05) is 31.6 Å². The Hall–Kier alpha value is -3.03. The summed E-state index contributed by atoms with van der Waals surface area (Å²) < 4.78 is 5.63. The quantitative estimate of drug-likeness (QED) is 0.390. The molecule has 1 N–H and O–H groups in total. The lowest BCUT2D eigenvalue weighted by molar-refractivity contribution is -0.133. The number of rotatable bonds is 8. The Labute approximate surface area is 215 Å². The minimum Gasteiger partial charge on any atom is -0.492 e. The number of hydrogen-bond donors (Lipinski definition) is 1. The van der Waals surface area contributed by atoms with E-state index >= 15 is 0 Å². The molecule has 0 spiro atoms. The number of carbonyl (C=O) groups excluding carboxylic acids is 2. The first-order chi connectivity index (χ1) is 17.0. The Balaban J connectivity index is 1.54. The molecule has 0 aliphatic carbocycles. The summed E-state index contributed by atoms with van der Waals surface area (Å²) in [5.41, 5.74) is 2.75. The maximum Gasteiger partial charge on any atom is 0.322 e. The molecule has 3 aromatic rings. The van der Waals surface area contributed by atoms with E-state index < -0.39 is 0 Å². The lowest BCUT2D eigenvalue weighted by Gasteiger charge is -2.37. The number of ether oxygens (including phenoxy) is 1. The van der Waals surface area contributed by atoms with Crippen LogP contribution in [0.5, 0.6) is 5.75 Å². The highest BCUT2D eigenvalue weighted by molar-refractivity contribution is 7.10. The van der Waals surface area contributed by atoms with Crippen molar-refractivity contribution in [1.29, 1.82) is 0 Å². The summed E-state index contributed by atoms with van der Waals surface area (Å²) in [5.74, 6) is 0.526. The Morgan fingerprint density at radius 2 is 1.91 bits per heavy atom. The number of anilines is 1. The highest BCUT2D eigenvalue weighted by Crippen LogP contribution is 2.38. The van der Waals surface area contributed by atoms with E-state index in [0.717, 1.165) is 24.0 Å². The fourth-order valence-electron chi connectivity index (χ4n) is 4.41. The van der Waals surface area contributed by atoms with Crippen LogP contribution in [0, 0.1) is 0 Å². The van der Waals surface area contributed by atoms with Crippen LogP contribution in [0.1, 0.15) is 42.3 Å². The molecule has 0 bridgehead atoms. The minimum absolute atomic E-state index is 0.0000351. The van der Waals surface area contributed by atoms with Crippen molar-refractivity contribution in [3.8, 4) is 5.75 Å². The number of nitrogens with zero attached hydrogens (tertiary/aromatic N) is 2. The summed E-state index contributed by atoms with van der Waals surface area (Å²) in [6.07, 6.45) is 1.55. The second-order valence-corrected chi connectivity index (χ2v) is 9.81. The van der Waals surface area contributed by atoms with Crippen molar-refractivity contribution in [2.24, 2.45) is 0 Å². The summed E-state index contributed by atoms with van der Waals surface area (Å²) in [5, 5.41) is 5.66. The van der Waals surface area contributed by atoms with Gasteiger partial charge in [0.1, 0.15) is 12.3 Å². The van der Waals surface area contributed by atoms with Gasteiger partial charge in [-0.05, 0) is 66.6 Å². The van der Waals surface area contributed by atoms with Crippen molar-refractivity contribution >= 4 is 40.6 Å². The zero-order valence-electron chi connectivity index (χ0n) is 20.0. The van der Waals surface area contributed by atoms with Crippen molar-refractivity contribution in [2.45, 2.75) is 32.7 Å². The van der Waals surface area contributed by atoms with Gasteiger partial charge < -0.3 is 19.9 Å². The van der Waals surface area contributed by atoms with Gasteiger partial charge in [-0.3, -0.25) is 4.79 Å². The first kappa shape index (κ1) is 25.1. The van der Waals surface area contributed by atoms with Crippen LogP contribution in [0.3, 0.4) is 0 Å². The highest BCUT2D eigenvalue weighted by atomic mass is 35.5. The van der Waals surface area contributed by atoms with Crippen LogP contribution in [0.25, 0.3) is 0 Å². The second kappa shape index (κ2) is 11.6. The first-order valence-corrected chi connectivity index (χ1v) is 13.2. The van der Waals surface area contributed by atoms with E-state index in [1.54, 1.807) is 22.3 Å². The van der Waals surface area contributed by atoms with Crippen LogP contribution < -0.4 is 10.1 Å². The second-order valence-electron chi connectivity index (χ2n) is 8.37. The molecule has 8 heteroatoms. The molecule has 0 saturated carbocycles. The molecule has 3 amide bonds. The normalized spacial score (nSPS) is 14.8. The number of thiophene rings is 1. The van der Waals surface area contributed by atoms with Gasteiger partial charge in [-0.2, -0.15) is 0 Å².